The van der Waals surface area contributed by atoms with Crippen molar-refractivity contribution >= 4 is 28.4 Å². The molecule has 0 aliphatic carbocycles. The van der Waals surface area contributed by atoms with Crippen LogP contribution in [0.4, 0.5) is 19.5 Å². The van der Waals surface area contributed by atoms with Gasteiger partial charge in [0.1, 0.15) is 22.3 Å². The highest BCUT2D eigenvalue weighted by Gasteiger charge is 2.18. The van der Waals surface area contributed by atoms with Crippen molar-refractivity contribution in [2.75, 3.05) is 4.90 Å². The van der Waals surface area contributed by atoms with Crippen LogP contribution >= 0.6 is 11.3 Å². The lowest BCUT2D eigenvalue weighted by Gasteiger charge is -2.16. The third kappa shape index (κ3) is 1.81. The van der Waals surface area contributed by atoms with E-state index in [1.165, 1.54) is 17.4 Å². The predicted molar refractivity (Wildman–Crippen MR) is 58.9 cm³/mol. The van der Waals surface area contributed by atoms with Crippen LogP contribution in [0.25, 0.3) is 0 Å². The lowest BCUT2D eigenvalue weighted by molar-refractivity contribution is -0.106. The van der Waals surface area contributed by atoms with E-state index in [0.717, 1.165) is 17.0 Å². The zero-order valence-electron chi connectivity index (χ0n) is 8.06. The lowest BCUT2D eigenvalue weighted by Crippen LogP contribution is -2.15. The van der Waals surface area contributed by atoms with Crippen LogP contribution in [0.2, 0.25) is 0 Å². The van der Waals surface area contributed by atoms with Crippen LogP contribution in [0.5, 0.6) is 0 Å². The van der Waals surface area contributed by atoms with E-state index in [1.807, 2.05) is 0 Å². The van der Waals surface area contributed by atoms with Gasteiger partial charge in [0.15, 0.2) is 0 Å². The van der Waals surface area contributed by atoms with E-state index in [2.05, 4.69) is 0 Å². The second-order valence-corrected chi connectivity index (χ2v) is 3.92. The van der Waals surface area contributed by atoms with Gasteiger partial charge in [-0.1, -0.05) is 6.07 Å². The molecular formula is C11H7F2NOS. The molecule has 0 atom stereocenters. The number of hydrogen-bond donors (Lipinski definition) is 0. The Balaban J connectivity index is 2.53. The van der Waals surface area contributed by atoms with Crippen LogP contribution < -0.4 is 4.90 Å². The minimum Gasteiger partial charge on any atom is -0.278 e. The molecule has 0 unspecified atom stereocenters. The molecule has 2 aromatic rings. The average molecular weight is 239 g/mol. The minimum atomic E-state index is -0.763. The molecule has 0 bridgehead atoms. The number of thiophene rings is 1. The summed E-state index contributed by atoms with van der Waals surface area (Å²) in [4.78, 5) is 11.9. The number of benzene rings is 1. The summed E-state index contributed by atoms with van der Waals surface area (Å²) >= 11 is 1.23. The van der Waals surface area contributed by atoms with E-state index in [-0.39, 0.29) is 5.69 Å². The second kappa shape index (κ2) is 4.40. The van der Waals surface area contributed by atoms with Gasteiger partial charge in [-0.2, -0.15) is 0 Å². The molecule has 1 aromatic carbocycles. The molecular weight excluding hydrogens is 232 g/mol. The molecule has 16 heavy (non-hydrogen) atoms. The molecule has 0 spiro atoms. The summed E-state index contributed by atoms with van der Waals surface area (Å²) < 4.78 is 26.9. The molecule has 82 valence electrons. The zero-order valence-corrected chi connectivity index (χ0v) is 8.88. The number of halogens is 2. The normalized spacial score (nSPS) is 10.1. The van der Waals surface area contributed by atoms with Crippen molar-refractivity contribution in [3.05, 3.63) is 47.3 Å². The summed E-state index contributed by atoms with van der Waals surface area (Å²) in [5.74, 6) is -1.53. The quantitative estimate of drug-likeness (QED) is 0.752. The Kier molecular flexibility index (Phi) is 2.96. The number of nitrogens with zero attached hydrogens (tertiary/aromatic N) is 1. The molecule has 0 aliphatic heterocycles. The first kappa shape index (κ1) is 10.8. The van der Waals surface area contributed by atoms with Gasteiger partial charge >= 0.3 is 0 Å². The van der Waals surface area contributed by atoms with E-state index < -0.39 is 11.6 Å². The third-order valence-corrected chi connectivity index (χ3v) is 2.89. The van der Waals surface area contributed by atoms with Gasteiger partial charge in [-0.25, -0.2) is 8.78 Å². The van der Waals surface area contributed by atoms with Gasteiger partial charge in [-0.3, -0.25) is 9.69 Å². The first-order valence-electron chi connectivity index (χ1n) is 4.46. The second-order valence-electron chi connectivity index (χ2n) is 3.00. The van der Waals surface area contributed by atoms with Crippen molar-refractivity contribution in [1.29, 1.82) is 0 Å². The Morgan fingerprint density at radius 3 is 2.31 bits per heavy atom. The SMILES string of the molecule is O=CN(c1cccs1)c1c(F)cccc1F. The summed E-state index contributed by atoms with van der Waals surface area (Å²) in [6.07, 6.45) is 0.396. The molecule has 0 aliphatic rings. The fraction of sp³-hybridized carbons (Fsp3) is 0. The van der Waals surface area contributed by atoms with Gasteiger partial charge in [-0.05, 0) is 29.6 Å². The van der Waals surface area contributed by atoms with Crippen molar-refractivity contribution in [3.8, 4) is 0 Å². The minimum absolute atomic E-state index is 0.347. The van der Waals surface area contributed by atoms with Crippen molar-refractivity contribution < 1.29 is 13.6 Å². The Morgan fingerprint density at radius 2 is 1.81 bits per heavy atom. The van der Waals surface area contributed by atoms with E-state index >= 15 is 0 Å². The van der Waals surface area contributed by atoms with E-state index in [9.17, 15) is 13.6 Å². The molecule has 1 amide bonds. The maximum absolute atomic E-state index is 13.4. The van der Waals surface area contributed by atoms with E-state index in [4.69, 9.17) is 0 Å². The van der Waals surface area contributed by atoms with Gasteiger partial charge in [0.25, 0.3) is 0 Å². The van der Waals surface area contributed by atoms with Gasteiger partial charge in [0.2, 0.25) is 6.41 Å². The largest absolute Gasteiger partial charge is 0.278 e. The van der Waals surface area contributed by atoms with Crippen LogP contribution in [-0.2, 0) is 4.79 Å². The van der Waals surface area contributed by atoms with Gasteiger partial charge < -0.3 is 0 Å². The van der Waals surface area contributed by atoms with Crippen molar-refractivity contribution in [2.45, 2.75) is 0 Å². The highest BCUT2D eigenvalue weighted by atomic mass is 32.1. The Morgan fingerprint density at radius 1 is 1.12 bits per heavy atom. The summed E-state index contributed by atoms with van der Waals surface area (Å²) in [5.41, 5.74) is -0.347. The fourth-order valence-electron chi connectivity index (χ4n) is 1.34. The number of anilines is 2. The maximum Gasteiger partial charge on any atom is 0.219 e. The number of amides is 1. The number of carbonyl (C=O) groups is 1. The molecule has 2 rings (SSSR count). The van der Waals surface area contributed by atoms with E-state index in [0.29, 0.717) is 11.4 Å². The summed E-state index contributed by atoms with van der Waals surface area (Å²) in [6, 6.07) is 6.80. The van der Waals surface area contributed by atoms with Gasteiger partial charge in [0, 0.05) is 0 Å². The molecule has 0 radical (unpaired) electrons. The first-order chi connectivity index (χ1) is 7.74. The Bertz CT molecular complexity index is 478. The lowest BCUT2D eigenvalue weighted by atomic mass is 10.2. The number of carbonyl (C=O) groups excluding carboxylic acids is 1. The molecule has 1 heterocycles. The van der Waals surface area contributed by atoms with Crippen LogP contribution in [-0.4, -0.2) is 6.41 Å². The fourth-order valence-corrected chi connectivity index (χ4v) is 2.04. The molecule has 5 heteroatoms. The van der Waals surface area contributed by atoms with Gasteiger partial charge in [-0.15, -0.1) is 11.3 Å². The van der Waals surface area contributed by atoms with Gasteiger partial charge in [0.05, 0.1) is 0 Å². The van der Waals surface area contributed by atoms with Crippen molar-refractivity contribution in [2.24, 2.45) is 0 Å². The molecule has 0 N–H and O–H groups in total. The van der Waals surface area contributed by atoms with Crippen molar-refractivity contribution in [3.63, 3.8) is 0 Å². The van der Waals surface area contributed by atoms with Crippen LogP contribution in [0.3, 0.4) is 0 Å². The average Bonchev–Trinajstić information content (AvgIpc) is 2.77. The molecule has 0 saturated heterocycles. The van der Waals surface area contributed by atoms with Crippen LogP contribution in [0.15, 0.2) is 35.7 Å². The smallest absolute Gasteiger partial charge is 0.219 e. The van der Waals surface area contributed by atoms with Crippen LogP contribution in [0, 0.1) is 11.6 Å². The highest BCUT2D eigenvalue weighted by Crippen LogP contribution is 2.31. The topological polar surface area (TPSA) is 20.3 Å². The highest BCUT2D eigenvalue weighted by molar-refractivity contribution is 7.14. The first-order valence-corrected chi connectivity index (χ1v) is 5.34. The monoisotopic (exact) mass is 239 g/mol. The maximum atomic E-state index is 13.4. The Hall–Kier alpha value is -1.75. The number of para-hydroxylation sites is 1. The third-order valence-electron chi connectivity index (χ3n) is 2.03. The van der Waals surface area contributed by atoms with Crippen molar-refractivity contribution in [1.82, 2.24) is 0 Å². The summed E-state index contributed by atoms with van der Waals surface area (Å²) in [5, 5.41) is 2.20. The standard InChI is InChI=1S/C11H7F2NOS/c12-8-3-1-4-9(13)11(8)14(7-15)10-5-2-6-16-10/h1-7H. The molecule has 0 fully saturated rings. The molecule has 1 aromatic heterocycles. The molecule has 0 saturated carbocycles. The van der Waals surface area contributed by atoms with E-state index in [1.54, 1.807) is 17.5 Å². The van der Waals surface area contributed by atoms with Crippen LogP contribution in [0.1, 0.15) is 0 Å². The zero-order chi connectivity index (χ0) is 11.5. The summed E-state index contributed by atoms with van der Waals surface area (Å²) in [7, 11) is 0. The summed E-state index contributed by atoms with van der Waals surface area (Å²) in [6.45, 7) is 0. The number of rotatable bonds is 3. The Labute approximate surface area is 94.7 Å². The number of hydrogen-bond acceptors (Lipinski definition) is 2. The molecule has 2 nitrogen and oxygen atoms in total. The predicted octanol–water partition coefficient (Wildman–Crippen LogP) is 3.32.